The lowest BCUT2D eigenvalue weighted by Gasteiger charge is -2.08. The van der Waals surface area contributed by atoms with Gasteiger partial charge in [0.2, 0.25) is 0 Å². The molecule has 0 radical (unpaired) electrons. The van der Waals surface area contributed by atoms with Crippen molar-refractivity contribution in [2.75, 3.05) is 0 Å². The summed E-state index contributed by atoms with van der Waals surface area (Å²) in [6.07, 6.45) is 0. The summed E-state index contributed by atoms with van der Waals surface area (Å²) in [4.78, 5) is 15.8. The predicted molar refractivity (Wildman–Crippen MR) is 91.3 cm³/mol. The van der Waals surface area contributed by atoms with Crippen LogP contribution in [0.2, 0.25) is 0 Å². The Balaban J connectivity index is 2.11. The minimum absolute atomic E-state index is 0.0278. The molecular weight excluding hydrogens is 288 g/mol. The molecule has 0 saturated carbocycles. The molecule has 0 atom stereocenters. The highest BCUT2D eigenvalue weighted by molar-refractivity contribution is 5.99. The maximum atomic E-state index is 11.5. The molecule has 0 N–H and O–H groups in total. The molecule has 110 valence electrons. The minimum Gasteiger partial charge on any atom is -0.258 e. The Morgan fingerprint density at radius 3 is 2.35 bits per heavy atom. The van der Waals surface area contributed by atoms with E-state index < -0.39 is 0 Å². The molecule has 4 aromatic rings. The van der Waals surface area contributed by atoms with Gasteiger partial charge in [0, 0.05) is 17.0 Å². The first kappa shape index (κ1) is 13.4. The standard InChI is InChI=1S/C19H12N2O2/c22-21(23)18-12-14-7-2-4-11-17(14)20-19(18)16-10-5-8-13-6-1-3-9-15(13)16/h1-12H. The monoisotopic (exact) mass is 300 g/mol. The third-order valence-corrected chi connectivity index (χ3v) is 3.95. The molecule has 0 aliphatic carbocycles. The molecule has 0 bridgehead atoms. The zero-order valence-corrected chi connectivity index (χ0v) is 12.1. The molecule has 1 heterocycles. The second-order valence-corrected chi connectivity index (χ2v) is 5.33. The molecule has 0 saturated heterocycles. The lowest BCUT2D eigenvalue weighted by molar-refractivity contribution is -0.384. The fourth-order valence-electron chi connectivity index (χ4n) is 2.87. The van der Waals surface area contributed by atoms with Crippen molar-refractivity contribution in [2.45, 2.75) is 0 Å². The molecule has 3 aromatic carbocycles. The maximum absolute atomic E-state index is 11.5. The van der Waals surface area contributed by atoms with E-state index in [-0.39, 0.29) is 10.6 Å². The molecule has 0 fully saturated rings. The van der Waals surface area contributed by atoms with Crippen molar-refractivity contribution < 1.29 is 4.92 Å². The molecule has 0 unspecified atom stereocenters. The summed E-state index contributed by atoms with van der Waals surface area (Å²) in [5, 5.41) is 14.3. The van der Waals surface area contributed by atoms with Crippen LogP contribution < -0.4 is 0 Å². The number of aromatic nitrogens is 1. The first-order chi connectivity index (χ1) is 11.2. The summed E-state index contributed by atoms with van der Waals surface area (Å²) in [6, 6.07) is 22.6. The smallest absolute Gasteiger partial charge is 0.258 e. The lowest BCUT2D eigenvalue weighted by Crippen LogP contribution is -1.96. The molecule has 1 aromatic heterocycles. The van der Waals surface area contributed by atoms with Crippen LogP contribution in [0.1, 0.15) is 0 Å². The van der Waals surface area contributed by atoms with Crippen molar-refractivity contribution in [2.24, 2.45) is 0 Å². The molecule has 0 amide bonds. The molecule has 4 nitrogen and oxygen atoms in total. The third kappa shape index (κ3) is 2.21. The number of rotatable bonds is 2. The van der Waals surface area contributed by atoms with Crippen LogP contribution in [-0.2, 0) is 0 Å². The van der Waals surface area contributed by atoms with Gasteiger partial charge in [0.05, 0.1) is 10.4 Å². The number of fused-ring (bicyclic) bond motifs is 2. The van der Waals surface area contributed by atoms with Crippen LogP contribution in [0.3, 0.4) is 0 Å². The molecule has 23 heavy (non-hydrogen) atoms. The maximum Gasteiger partial charge on any atom is 0.296 e. The largest absolute Gasteiger partial charge is 0.296 e. The van der Waals surface area contributed by atoms with Gasteiger partial charge in [0.1, 0.15) is 5.69 Å². The van der Waals surface area contributed by atoms with Gasteiger partial charge in [0.15, 0.2) is 0 Å². The van der Waals surface area contributed by atoms with Gasteiger partial charge in [-0.3, -0.25) is 10.1 Å². The number of hydrogen-bond donors (Lipinski definition) is 0. The Bertz CT molecular complexity index is 1050. The second-order valence-electron chi connectivity index (χ2n) is 5.33. The van der Waals surface area contributed by atoms with E-state index >= 15 is 0 Å². The van der Waals surface area contributed by atoms with E-state index in [4.69, 9.17) is 0 Å². The molecule has 4 rings (SSSR count). The average Bonchev–Trinajstić information content (AvgIpc) is 2.60. The van der Waals surface area contributed by atoms with E-state index in [1.807, 2.05) is 66.7 Å². The van der Waals surface area contributed by atoms with E-state index in [0.29, 0.717) is 5.69 Å². The van der Waals surface area contributed by atoms with Gasteiger partial charge in [-0.05, 0) is 16.8 Å². The van der Waals surface area contributed by atoms with Crippen LogP contribution in [0.5, 0.6) is 0 Å². The van der Waals surface area contributed by atoms with Gasteiger partial charge in [-0.25, -0.2) is 4.98 Å². The highest BCUT2D eigenvalue weighted by Gasteiger charge is 2.19. The highest BCUT2D eigenvalue weighted by Crippen LogP contribution is 2.35. The fourth-order valence-corrected chi connectivity index (χ4v) is 2.87. The van der Waals surface area contributed by atoms with Crippen molar-refractivity contribution in [3.05, 3.63) is 82.9 Å². The summed E-state index contributed by atoms with van der Waals surface area (Å²) in [5.41, 5.74) is 1.96. The Kier molecular flexibility index (Phi) is 3.01. The number of nitro groups is 1. The lowest BCUT2D eigenvalue weighted by atomic mass is 10.00. The predicted octanol–water partition coefficient (Wildman–Crippen LogP) is 4.96. The third-order valence-electron chi connectivity index (χ3n) is 3.95. The summed E-state index contributed by atoms with van der Waals surface area (Å²) in [6.45, 7) is 0. The van der Waals surface area contributed by atoms with Gasteiger partial charge in [-0.1, -0.05) is 60.7 Å². The summed E-state index contributed by atoms with van der Waals surface area (Å²) in [7, 11) is 0. The van der Waals surface area contributed by atoms with E-state index in [2.05, 4.69) is 4.98 Å². The Hall–Kier alpha value is -3.27. The van der Waals surface area contributed by atoms with Crippen molar-refractivity contribution in [1.29, 1.82) is 0 Å². The van der Waals surface area contributed by atoms with Crippen molar-refractivity contribution in [3.8, 4) is 11.3 Å². The highest BCUT2D eigenvalue weighted by atomic mass is 16.6. The fraction of sp³-hybridized carbons (Fsp3) is 0. The van der Waals surface area contributed by atoms with E-state index in [0.717, 1.165) is 27.2 Å². The van der Waals surface area contributed by atoms with E-state index in [1.54, 1.807) is 6.07 Å². The van der Waals surface area contributed by atoms with Gasteiger partial charge in [-0.15, -0.1) is 0 Å². The first-order valence-electron chi connectivity index (χ1n) is 7.26. The van der Waals surface area contributed by atoms with E-state index in [1.165, 1.54) is 0 Å². The molecule has 0 aliphatic heterocycles. The Morgan fingerprint density at radius 1 is 0.826 bits per heavy atom. The second kappa shape index (κ2) is 5.18. The van der Waals surface area contributed by atoms with Gasteiger partial charge in [-0.2, -0.15) is 0 Å². The molecule has 4 heteroatoms. The number of para-hydroxylation sites is 1. The van der Waals surface area contributed by atoms with Crippen LogP contribution in [0, 0.1) is 10.1 Å². The Labute approximate surface area is 132 Å². The van der Waals surface area contributed by atoms with Crippen LogP contribution in [0.4, 0.5) is 5.69 Å². The SMILES string of the molecule is O=[N+]([O-])c1cc2ccccc2nc1-c1cccc2ccccc12. The summed E-state index contributed by atoms with van der Waals surface area (Å²) >= 11 is 0. The number of nitrogens with zero attached hydrogens (tertiary/aromatic N) is 2. The summed E-state index contributed by atoms with van der Waals surface area (Å²) in [5.74, 6) is 0. The van der Waals surface area contributed by atoms with Gasteiger partial charge < -0.3 is 0 Å². The average molecular weight is 300 g/mol. The van der Waals surface area contributed by atoms with Crippen molar-refractivity contribution >= 4 is 27.4 Å². The Morgan fingerprint density at radius 2 is 1.52 bits per heavy atom. The van der Waals surface area contributed by atoms with E-state index in [9.17, 15) is 10.1 Å². The number of hydrogen-bond acceptors (Lipinski definition) is 3. The molecule has 0 aliphatic rings. The van der Waals surface area contributed by atoms with Crippen molar-refractivity contribution in [3.63, 3.8) is 0 Å². The first-order valence-corrected chi connectivity index (χ1v) is 7.26. The van der Waals surface area contributed by atoms with Crippen LogP contribution >= 0.6 is 0 Å². The zero-order valence-electron chi connectivity index (χ0n) is 12.1. The zero-order chi connectivity index (χ0) is 15.8. The summed E-state index contributed by atoms with van der Waals surface area (Å²) < 4.78 is 0. The quantitative estimate of drug-likeness (QED) is 0.388. The number of pyridine rings is 1. The van der Waals surface area contributed by atoms with Gasteiger partial charge in [0.25, 0.3) is 5.69 Å². The normalized spacial score (nSPS) is 11.0. The topological polar surface area (TPSA) is 56.0 Å². The molecular formula is C19H12N2O2. The van der Waals surface area contributed by atoms with Crippen molar-refractivity contribution in [1.82, 2.24) is 4.98 Å². The number of benzene rings is 3. The van der Waals surface area contributed by atoms with Crippen LogP contribution in [0.25, 0.3) is 32.9 Å². The molecule has 0 spiro atoms. The van der Waals surface area contributed by atoms with Gasteiger partial charge >= 0.3 is 0 Å². The van der Waals surface area contributed by atoms with Crippen LogP contribution in [0.15, 0.2) is 72.8 Å². The minimum atomic E-state index is -0.365. The van der Waals surface area contributed by atoms with Crippen LogP contribution in [-0.4, -0.2) is 9.91 Å².